The zero-order chi connectivity index (χ0) is 23.8. The van der Waals surface area contributed by atoms with Crippen molar-refractivity contribution in [3.8, 4) is 0 Å². The van der Waals surface area contributed by atoms with Gasteiger partial charge in [-0.05, 0) is 55.3 Å². The van der Waals surface area contributed by atoms with Crippen molar-refractivity contribution in [2.75, 3.05) is 9.80 Å². The lowest BCUT2D eigenvalue weighted by molar-refractivity contribution is 1.02. The van der Waals surface area contributed by atoms with E-state index in [1.807, 2.05) is 60.5 Å². The molecule has 35 heavy (non-hydrogen) atoms. The fourth-order valence-corrected chi connectivity index (χ4v) is 4.24. The first-order chi connectivity index (χ1) is 17.2. The molecule has 1 aliphatic heterocycles. The van der Waals surface area contributed by atoms with Gasteiger partial charge in [0.2, 0.25) is 5.95 Å². The Morgan fingerprint density at radius 3 is 2.34 bits per heavy atom. The van der Waals surface area contributed by atoms with E-state index in [2.05, 4.69) is 43.2 Å². The molecule has 0 saturated carbocycles. The van der Waals surface area contributed by atoms with Crippen LogP contribution < -0.4 is 9.80 Å². The van der Waals surface area contributed by atoms with Crippen LogP contribution in [-0.2, 0) is 0 Å². The molecule has 0 saturated heterocycles. The van der Waals surface area contributed by atoms with E-state index in [1.165, 1.54) is 0 Å². The fraction of sp³-hybridized carbons (Fsp3) is 0.0769. The summed E-state index contributed by atoms with van der Waals surface area (Å²) in [6, 6.07) is 13.8. The second-order valence-corrected chi connectivity index (χ2v) is 8.09. The molecule has 9 nitrogen and oxygen atoms in total. The van der Waals surface area contributed by atoms with Gasteiger partial charge in [0, 0.05) is 37.2 Å². The van der Waals surface area contributed by atoms with Crippen LogP contribution in [0.5, 0.6) is 0 Å². The predicted molar refractivity (Wildman–Crippen MR) is 134 cm³/mol. The minimum absolute atomic E-state index is 0.602. The Labute approximate surface area is 201 Å². The third kappa shape index (κ3) is 3.50. The highest BCUT2D eigenvalue weighted by molar-refractivity contribution is 6.09. The lowest BCUT2D eigenvalue weighted by Gasteiger charge is -2.37. The number of nitrogens with zero attached hydrogens (tertiary/aromatic N) is 6. The summed E-state index contributed by atoms with van der Waals surface area (Å²) in [6.07, 6.45) is 14.4. The summed E-state index contributed by atoms with van der Waals surface area (Å²) < 4.78 is 0. The van der Waals surface area contributed by atoms with Crippen LogP contribution in [0.3, 0.4) is 0 Å². The van der Waals surface area contributed by atoms with Crippen LogP contribution in [-0.4, -0.2) is 35.1 Å². The molecule has 6 heterocycles. The van der Waals surface area contributed by atoms with Crippen molar-refractivity contribution in [2.45, 2.75) is 13.8 Å². The van der Waals surface area contributed by atoms with Gasteiger partial charge in [-0.2, -0.15) is 5.10 Å². The van der Waals surface area contributed by atoms with Crippen molar-refractivity contribution < 1.29 is 0 Å². The first-order valence-corrected chi connectivity index (χ1v) is 11.2. The Hall–Kier alpha value is -4.92. The van der Waals surface area contributed by atoms with Gasteiger partial charge in [0.05, 0.1) is 17.1 Å². The molecule has 6 rings (SSSR count). The highest BCUT2D eigenvalue weighted by atomic mass is 15.3. The molecular formula is C26H22N9. The molecular weight excluding hydrogens is 438 g/mol. The summed E-state index contributed by atoms with van der Waals surface area (Å²) in [7, 11) is 0. The number of hydrogen-bond donors (Lipinski definition) is 3. The fourth-order valence-electron chi connectivity index (χ4n) is 4.24. The third-order valence-corrected chi connectivity index (χ3v) is 5.84. The van der Waals surface area contributed by atoms with Crippen molar-refractivity contribution in [3.05, 3.63) is 114 Å². The maximum atomic E-state index is 4.75. The molecule has 0 aliphatic carbocycles. The van der Waals surface area contributed by atoms with Crippen molar-refractivity contribution >= 4 is 28.9 Å². The van der Waals surface area contributed by atoms with E-state index >= 15 is 0 Å². The SMILES string of the molecule is Cc1cccnc1C1=[C]N(c2ncc[nH]2)C(c2cc[nH]n2)=C(c2ccccn2)N1c1[nH]ccc1C. The zero-order valence-corrected chi connectivity index (χ0v) is 19.2. The number of rotatable bonds is 5. The number of aryl methyl sites for hydroxylation is 2. The number of aromatic amines is 3. The van der Waals surface area contributed by atoms with E-state index < -0.39 is 0 Å². The Balaban J connectivity index is 1.73. The van der Waals surface area contributed by atoms with Gasteiger partial charge in [-0.1, -0.05) is 12.1 Å². The Kier molecular flexibility index (Phi) is 4.99. The number of hydrogen-bond acceptors (Lipinski definition) is 6. The van der Waals surface area contributed by atoms with Gasteiger partial charge >= 0.3 is 0 Å². The van der Waals surface area contributed by atoms with E-state index in [0.717, 1.165) is 51.1 Å². The molecule has 171 valence electrons. The van der Waals surface area contributed by atoms with E-state index in [9.17, 15) is 0 Å². The van der Waals surface area contributed by atoms with Gasteiger partial charge in [-0.15, -0.1) is 0 Å². The number of H-pyrrole nitrogens is 3. The van der Waals surface area contributed by atoms with E-state index in [-0.39, 0.29) is 0 Å². The van der Waals surface area contributed by atoms with Gasteiger partial charge in [-0.25, -0.2) is 4.98 Å². The maximum Gasteiger partial charge on any atom is 0.212 e. The minimum Gasteiger partial charge on any atom is -0.348 e. The van der Waals surface area contributed by atoms with Crippen LogP contribution in [0.25, 0.3) is 17.1 Å². The maximum absolute atomic E-state index is 4.75. The number of pyridine rings is 2. The summed E-state index contributed by atoms with van der Waals surface area (Å²) in [6.45, 7) is 4.11. The Morgan fingerprint density at radius 1 is 0.743 bits per heavy atom. The van der Waals surface area contributed by atoms with E-state index in [4.69, 9.17) is 9.97 Å². The van der Waals surface area contributed by atoms with Crippen LogP contribution in [0.15, 0.2) is 79.6 Å². The quantitative estimate of drug-likeness (QED) is 0.356. The normalized spacial score (nSPS) is 13.9. The van der Waals surface area contributed by atoms with Gasteiger partial charge in [0.1, 0.15) is 29.1 Å². The number of nitrogens with one attached hydrogen (secondary N) is 3. The summed E-state index contributed by atoms with van der Waals surface area (Å²) in [5.74, 6) is 1.50. The predicted octanol–water partition coefficient (Wildman–Crippen LogP) is 4.52. The van der Waals surface area contributed by atoms with Crippen LogP contribution in [0, 0.1) is 20.0 Å². The molecule has 0 spiro atoms. The van der Waals surface area contributed by atoms with E-state index in [0.29, 0.717) is 5.95 Å². The number of anilines is 2. The van der Waals surface area contributed by atoms with Crippen molar-refractivity contribution in [2.24, 2.45) is 0 Å². The summed E-state index contributed by atoms with van der Waals surface area (Å²) in [5, 5.41) is 7.48. The van der Waals surface area contributed by atoms with Crippen molar-refractivity contribution in [1.29, 1.82) is 0 Å². The molecule has 9 heteroatoms. The highest BCUT2D eigenvalue weighted by Gasteiger charge is 2.36. The molecule has 1 radical (unpaired) electrons. The Bertz CT molecular complexity index is 1510. The lowest BCUT2D eigenvalue weighted by Crippen LogP contribution is -2.34. The first kappa shape index (κ1) is 20.7. The number of imidazole rings is 1. The van der Waals surface area contributed by atoms with Crippen molar-refractivity contribution in [1.82, 2.24) is 35.1 Å². The summed E-state index contributed by atoms with van der Waals surface area (Å²) >= 11 is 0. The van der Waals surface area contributed by atoms with Crippen LogP contribution >= 0.6 is 0 Å². The topological polar surface area (TPSA) is 105 Å². The van der Waals surface area contributed by atoms with Crippen LogP contribution in [0.2, 0.25) is 0 Å². The first-order valence-electron chi connectivity index (χ1n) is 11.2. The molecule has 5 aromatic rings. The largest absolute Gasteiger partial charge is 0.348 e. The lowest BCUT2D eigenvalue weighted by atomic mass is 10.0. The number of aromatic nitrogens is 7. The summed E-state index contributed by atoms with van der Waals surface area (Å²) in [4.78, 5) is 24.7. The molecule has 1 aliphatic rings. The van der Waals surface area contributed by atoms with Crippen molar-refractivity contribution in [3.63, 3.8) is 0 Å². The molecule has 3 N–H and O–H groups in total. The smallest absolute Gasteiger partial charge is 0.212 e. The monoisotopic (exact) mass is 460 g/mol. The van der Waals surface area contributed by atoms with Gasteiger partial charge in [-0.3, -0.25) is 24.9 Å². The van der Waals surface area contributed by atoms with Gasteiger partial charge < -0.3 is 9.97 Å². The highest BCUT2D eigenvalue weighted by Crippen LogP contribution is 2.44. The molecule has 0 amide bonds. The molecule has 0 fully saturated rings. The standard InChI is InChI=1S/C26H22N9/c1-17-6-5-11-28-22(17)21-16-34(26-30-14-15-31-26)23(20-9-13-32-33-20)24(19-7-3-4-10-27-19)35(21)25-18(2)8-12-29-25/h3-15,29H,1-2H3,(H,30,31)(H,32,33). The van der Waals surface area contributed by atoms with E-state index in [1.54, 1.807) is 31.0 Å². The zero-order valence-electron chi connectivity index (χ0n) is 19.2. The van der Waals surface area contributed by atoms with Gasteiger partial charge in [0.25, 0.3) is 0 Å². The second kappa shape index (κ2) is 8.45. The molecule has 0 unspecified atom stereocenters. The summed E-state index contributed by atoms with van der Waals surface area (Å²) in [5.41, 5.74) is 6.72. The average molecular weight is 461 g/mol. The Morgan fingerprint density at radius 2 is 1.66 bits per heavy atom. The molecule has 0 atom stereocenters. The van der Waals surface area contributed by atoms with Crippen LogP contribution in [0.4, 0.5) is 11.8 Å². The molecule has 0 aromatic carbocycles. The molecule has 5 aromatic heterocycles. The average Bonchev–Trinajstić information content (AvgIpc) is 3.67. The third-order valence-electron chi connectivity index (χ3n) is 5.84. The molecule has 0 bridgehead atoms. The van der Waals surface area contributed by atoms with Crippen LogP contribution in [0.1, 0.15) is 28.2 Å². The minimum atomic E-state index is 0.602. The van der Waals surface area contributed by atoms with Gasteiger partial charge in [0.15, 0.2) is 0 Å². The second-order valence-electron chi connectivity index (χ2n) is 8.09.